The van der Waals surface area contributed by atoms with Gasteiger partial charge in [0.15, 0.2) is 0 Å². The molecule has 0 bridgehead atoms. The molecule has 0 unspecified atom stereocenters. The normalized spacial score (nSPS) is 10.0. The van der Waals surface area contributed by atoms with Gasteiger partial charge in [0, 0.05) is 11.6 Å². The molecular weight excluding hydrogens is 254 g/mol. The van der Waals surface area contributed by atoms with E-state index in [-0.39, 0.29) is 0 Å². The first-order valence-corrected chi connectivity index (χ1v) is 7.65. The Balaban J connectivity index is 0.000000155. The third-order valence-electron chi connectivity index (χ3n) is 3.39. The van der Waals surface area contributed by atoms with E-state index >= 15 is 0 Å². The van der Waals surface area contributed by atoms with Gasteiger partial charge in [-0.2, -0.15) is 0 Å². The van der Waals surface area contributed by atoms with Crippen molar-refractivity contribution in [3.8, 4) is 0 Å². The van der Waals surface area contributed by atoms with Gasteiger partial charge in [-0.05, 0) is 43.0 Å². The van der Waals surface area contributed by atoms with Crippen LogP contribution < -0.4 is 0 Å². The minimum Gasteiger partial charge on any atom is -0.256 e. The van der Waals surface area contributed by atoms with E-state index in [1.54, 1.807) is 0 Å². The van der Waals surface area contributed by atoms with Crippen molar-refractivity contribution in [2.24, 2.45) is 0 Å². The first-order valence-electron chi connectivity index (χ1n) is 7.65. The van der Waals surface area contributed by atoms with E-state index in [9.17, 15) is 0 Å². The van der Waals surface area contributed by atoms with Crippen molar-refractivity contribution in [3.63, 3.8) is 0 Å². The smallest absolute Gasteiger partial charge is 0.0702 e. The molecule has 0 aliphatic heterocycles. The fourth-order valence-electron chi connectivity index (χ4n) is 2.21. The Kier molecular flexibility index (Phi) is 5.96. The van der Waals surface area contributed by atoms with Crippen molar-refractivity contribution >= 4 is 10.9 Å². The second-order valence-electron chi connectivity index (χ2n) is 5.29. The maximum absolute atomic E-state index is 4.28. The zero-order chi connectivity index (χ0) is 14.9. The Hall–Kier alpha value is -2.15. The maximum atomic E-state index is 4.28. The van der Waals surface area contributed by atoms with Crippen LogP contribution in [0.2, 0.25) is 0 Å². The zero-order valence-corrected chi connectivity index (χ0v) is 12.9. The second-order valence-corrected chi connectivity index (χ2v) is 5.29. The van der Waals surface area contributed by atoms with Gasteiger partial charge in [-0.3, -0.25) is 4.98 Å². The van der Waals surface area contributed by atoms with Crippen LogP contribution in [0.3, 0.4) is 0 Å². The number of fused-ring (bicyclic) bond motifs is 1. The molecule has 0 N–H and O–H groups in total. The Bertz CT molecular complexity index is 659. The van der Waals surface area contributed by atoms with E-state index in [4.69, 9.17) is 0 Å². The number of para-hydroxylation sites is 1. The van der Waals surface area contributed by atoms with Crippen LogP contribution in [0.5, 0.6) is 0 Å². The Morgan fingerprint density at radius 1 is 0.905 bits per heavy atom. The highest BCUT2D eigenvalue weighted by Gasteiger charge is 1.91. The second kappa shape index (κ2) is 8.21. The minimum atomic E-state index is 1.07. The largest absolute Gasteiger partial charge is 0.256 e. The third-order valence-corrected chi connectivity index (χ3v) is 3.39. The lowest BCUT2D eigenvalue weighted by Gasteiger charge is -1.96. The third kappa shape index (κ3) is 5.03. The molecule has 3 aromatic rings. The van der Waals surface area contributed by atoms with E-state index in [2.05, 4.69) is 61.3 Å². The predicted molar refractivity (Wildman–Crippen MR) is 91.5 cm³/mol. The number of aryl methyl sites for hydroxylation is 2. The molecule has 3 rings (SSSR count). The molecule has 0 radical (unpaired) electrons. The fourth-order valence-corrected chi connectivity index (χ4v) is 2.21. The maximum Gasteiger partial charge on any atom is 0.0702 e. The monoisotopic (exact) mass is 277 g/mol. The summed E-state index contributed by atoms with van der Waals surface area (Å²) in [5.74, 6) is 0. The molecule has 2 aromatic carbocycles. The quantitative estimate of drug-likeness (QED) is 0.609. The summed E-state index contributed by atoms with van der Waals surface area (Å²) < 4.78 is 0. The van der Waals surface area contributed by atoms with E-state index in [1.165, 1.54) is 35.8 Å². The number of unbranched alkanes of at least 4 members (excludes halogenated alkanes) is 1. The highest BCUT2D eigenvalue weighted by atomic mass is 14.6. The summed E-state index contributed by atoms with van der Waals surface area (Å²) >= 11 is 0. The first-order chi connectivity index (χ1) is 10.3. The van der Waals surface area contributed by atoms with Crippen molar-refractivity contribution in [2.75, 3.05) is 0 Å². The van der Waals surface area contributed by atoms with Crippen LogP contribution >= 0.6 is 0 Å². The SMILES string of the molecule is CCCCc1ccccc1.Cc1cnc2ccccc2c1. The number of rotatable bonds is 3. The standard InChI is InChI=1S/C10H9N.C10H14/c1-8-6-9-4-2-3-5-10(9)11-7-8;1-2-3-7-10-8-5-4-6-9-10/h2-7H,1H3;4-6,8-9H,2-3,7H2,1H3. The number of hydrogen-bond donors (Lipinski definition) is 0. The summed E-state index contributed by atoms with van der Waals surface area (Å²) in [4.78, 5) is 4.28. The molecule has 0 spiro atoms. The van der Waals surface area contributed by atoms with Gasteiger partial charge in [0.05, 0.1) is 5.52 Å². The summed E-state index contributed by atoms with van der Waals surface area (Å²) in [7, 11) is 0. The van der Waals surface area contributed by atoms with Gasteiger partial charge < -0.3 is 0 Å². The molecule has 0 saturated heterocycles. The average Bonchev–Trinajstić information content (AvgIpc) is 2.54. The van der Waals surface area contributed by atoms with Crippen molar-refractivity contribution in [1.29, 1.82) is 0 Å². The van der Waals surface area contributed by atoms with E-state index < -0.39 is 0 Å². The Morgan fingerprint density at radius 2 is 1.62 bits per heavy atom. The van der Waals surface area contributed by atoms with Gasteiger partial charge in [-0.25, -0.2) is 0 Å². The van der Waals surface area contributed by atoms with E-state index in [0.29, 0.717) is 0 Å². The molecule has 1 heteroatoms. The Morgan fingerprint density at radius 3 is 2.38 bits per heavy atom. The van der Waals surface area contributed by atoms with E-state index in [1.807, 2.05) is 24.4 Å². The van der Waals surface area contributed by atoms with Crippen molar-refractivity contribution in [3.05, 3.63) is 78.0 Å². The molecule has 0 fully saturated rings. The van der Waals surface area contributed by atoms with Crippen LogP contribution in [-0.4, -0.2) is 4.98 Å². The summed E-state index contributed by atoms with van der Waals surface area (Å²) in [6.45, 7) is 4.28. The lowest BCUT2D eigenvalue weighted by atomic mass is 10.1. The summed E-state index contributed by atoms with van der Waals surface area (Å²) in [5, 5.41) is 1.22. The lowest BCUT2D eigenvalue weighted by Crippen LogP contribution is -1.81. The van der Waals surface area contributed by atoms with Crippen LogP contribution in [0.1, 0.15) is 30.9 Å². The molecule has 1 nitrogen and oxygen atoms in total. The highest BCUT2D eigenvalue weighted by molar-refractivity contribution is 5.78. The molecule has 108 valence electrons. The highest BCUT2D eigenvalue weighted by Crippen LogP contribution is 2.11. The van der Waals surface area contributed by atoms with Crippen LogP contribution in [-0.2, 0) is 6.42 Å². The van der Waals surface area contributed by atoms with Crippen molar-refractivity contribution < 1.29 is 0 Å². The molecule has 1 aromatic heterocycles. The van der Waals surface area contributed by atoms with E-state index in [0.717, 1.165) is 5.52 Å². The number of nitrogens with zero attached hydrogens (tertiary/aromatic N) is 1. The molecule has 0 saturated carbocycles. The van der Waals surface area contributed by atoms with Crippen LogP contribution in [0.25, 0.3) is 10.9 Å². The average molecular weight is 277 g/mol. The van der Waals surface area contributed by atoms with Crippen molar-refractivity contribution in [1.82, 2.24) is 4.98 Å². The van der Waals surface area contributed by atoms with Gasteiger partial charge >= 0.3 is 0 Å². The molecule has 0 amide bonds. The van der Waals surface area contributed by atoms with Crippen LogP contribution in [0.4, 0.5) is 0 Å². The topological polar surface area (TPSA) is 12.9 Å². The van der Waals surface area contributed by atoms with Gasteiger partial charge in [0.25, 0.3) is 0 Å². The first kappa shape index (κ1) is 15.2. The summed E-state index contributed by atoms with van der Waals surface area (Å²) in [6, 6.07) is 20.9. The van der Waals surface area contributed by atoms with Gasteiger partial charge in [-0.15, -0.1) is 0 Å². The summed E-state index contributed by atoms with van der Waals surface area (Å²) in [5.41, 5.74) is 3.74. The number of pyridine rings is 1. The Labute approximate surface area is 127 Å². The van der Waals surface area contributed by atoms with Gasteiger partial charge in [-0.1, -0.05) is 61.9 Å². The molecule has 0 aliphatic rings. The van der Waals surface area contributed by atoms with Crippen molar-refractivity contribution in [2.45, 2.75) is 33.1 Å². The van der Waals surface area contributed by atoms with Gasteiger partial charge in [0.1, 0.15) is 0 Å². The number of hydrogen-bond acceptors (Lipinski definition) is 1. The lowest BCUT2D eigenvalue weighted by molar-refractivity contribution is 0.795. The number of aromatic nitrogens is 1. The molecule has 21 heavy (non-hydrogen) atoms. The zero-order valence-electron chi connectivity index (χ0n) is 12.9. The number of benzene rings is 2. The summed E-state index contributed by atoms with van der Waals surface area (Å²) in [6.07, 6.45) is 5.72. The minimum absolute atomic E-state index is 1.07. The molecule has 0 atom stereocenters. The molecule has 1 heterocycles. The van der Waals surface area contributed by atoms with Crippen LogP contribution in [0.15, 0.2) is 66.9 Å². The fraction of sp³-hybridized carbons (Fsp3) is 0.250. The van der Waals surface area contributed by atoms with Gasteiger partial charge in [0.2, 0.25) is 0 Å². The van der Waals surface area contributed by atoms with Crippen LogP contribution in [0, 0.1) is 6.92 Å². The predicted octanol–water partition coefficient (Wildman–Crippen LogP) is 5.57. The molecular formula is C20H23N. The molecule has 0 aliphatic carbocycles.